The Labute approximate surface area is 183 Å². The number of nitrogens with zero attached hydrogens (tertiary/aromatic N) is 1. The number of hydrogen-bond donors (Lipinski definition) is 1. The van der Waals surface area contributed by atoms with Crippen molar-refractivity contribution in [1.82, 2.24) is 5.32 Å². The molecule has 31 heavy (non-hydrogen) atoms. The standard InChI is InChI=1S/C23H32N2O6/c1-14-8-17(9-15(2)30-14)18-10-16(11-19(12-18)25(27)28)13-29-21-7-6-20(21)24-22(26)31-23(3,4)5/h8,10-12,14-15,20-21H,6-7,9,13H2,1-5H3,(H,24,26)/t14-,15+,20+,21+/m0/s1. The zero-order valence-corrected chi connectivity index (χ0v) is 18.8. The van der Waals surface area contributed by atoms with Crippen molar-refractivity contribution in [2.75, 3.05) is 0 Å². The molecule has 1 N–H and O–H groups in total. The summed E-state index contributed by atoms with van der Waals surface area (Å²) in [6.07, 6.45) is 3.77. The van der Waals surface area contributed by atoms with E-state index in [1.807, 2.05) is 46.8 Å². The van der Waals surface area contributed by atoms with Crippen molar-refractivity contribution in [3.8, 4) is 0 Å². The minimum atomic E-state index is -0.558. The van der Waals surface area contributed by atoms with E-state index in [1.54, 1.807) is 12.1 Å². The molecule has 3 rings (SSSR count). The van der Waals surface area contributed by atoms with E-state index in [0.717, 1.165) is 29.5 Å². The molecule has 8 heteroatoms. The number of carbonyl (C=O) groups is 1. The second-order valence-electron chi connectivity index (χ2n) is 9.37. The maximum Gasteiger partial charge on any atom is 0.407 e. The molecule has 1 saturated carbocycles. The monoisotopic (exact) mass is 432 g/mol. The van der Waals surface area contributed by atoms with Gasteiger partial charge in [0, 0.05) is 12.1 Å². The first-order valence-electron chi connectivity index (χ1n) is 10.8. The zero-order chi connectivity index (χ0) is 22.8. The van der Waals surface area contributed by atoms with Crippen LogP contribution in [0, 0.1) is 10.1 Å². The number of nitro groups is 1. The number of ether oxygens (including phenoxy) is 3. The van der Waals surface area contributed by atoms with Gasteiger partial charge in [-0.25, -0.2) is 4.79 Å². The molecule has 4 atom stereocenters. The Balaban J connectivity index is 1.67. The lowest BCUT2D eigenvalue weighted by Gasteiger charge is -2.37. The van der Waals surface area contributed by atoms with Gasteiger partial charge in [0.2, 0.25) is 0 Å². The van der Waals surface area contributed by atoms with Gasteiger partial charge in [0.25, 0.3) is 5.69 Å². The Bertz CT molecular complexity index is 860. The number of nitro benzene ring substituents is 1. The molecule has 170 valence electrons. The van der Waals surface area contributed by atoms with Crippen LogP contribution in [-0.2, 0) is 20.8 Å². The summed E-state index contributed by atoms with van der Waals surface area (Å²) in [5.41, 5.74) is 2.09. The van der Waals surface area contributed by atoms with Crippen molar-refractivity contribution in [3.63, 3.8) is 0 Å². The number of carbonyl (C=O) groups excluding carboxylic acids is 1. The van der Waals surface area contributed by atoms with Crippen molar-refractivity contribution in [3.05, 3.63) is 45.5 Å². The van der Waals surface area contributed by atoms with E-state index >= 15 is 0 Å². The molecule has 8 nitrogen and oxygen atoms in total. The molecule has 1 heterocycles. The van der Waals surface area contributed by atoms with Gasteiger partial charge in [-0.1, -0.05) is 6.08 Å². The van der Waals surface area contributed by atoms with E-state index in [0.29, 0.717) is 6.42 Å². The largest absolute Gasteiger partial charge is 0.444 e. The molecule has 1 aliphatic heterocycles. The minimum absolute atomic E-state index is 0.0348. The van der Waals surface area contributed by atoms with Crippen LogP contribution >= 0.6 is 0 Å². The van der Waals surface area contributed by atoms with Crippen LogP contribution < -0.4 is 5.32 Å². The fourth-order valence-corrected chi connectivity index (χ4v) is 3.87. The van der Waals surface area contributed by atoms with Crippen LogP contribution in [0.4, 0.5) is 10.5 Å². The molecule has 0 aromatic heterocycles. The summed E-state index contributed by atoms with van der Waals surface area (Å²) in [6, 6.07) is 4.98. The van der Waals surface area contributed by atoms with Crippen molar-refractivity contribution in [1.29, 1.82) is 0 Å². The quantitative estimate of drug-likeness (QED) is 0.514. The molecule has 1 aromatic rings. The number of alkyl carbamates (subject to hydrolysis) is 1. The van der Waals surface area contributed by atoms with E-state index < -0.39 is 11.7 Å². The summed E-state index contributed by atoms with van der Waals surface area (Å²) in [5.74, 6) is 0. The first-order chi connectivity index (χ1) is 14.5. The molecule has 1 fully saturated rings. The van der Waals surface area contributed by atoms with Crippen LogP contribution in [0.1, 0.15) is 65.0 Å². The van der Waals surface area contributed by atoms with Crippen LogP contribution in [0.3, 0.4) is 0 Å². The van der Waals surface area contributed by atoms with Crippen molar-refractivity contribution in [2.24, 2.45) is 0 Å². The number of nitrogens with one attached hydrogen (secondary N) is 1. The summed E-state index contributed by atoms with van der Waals surface area (Å²) < 4.78 is 17.0. The highest BCUT2D eigenvalue weighted by Crippen LogP contribution is 2.31. The lowest BCUT2D eigenvalue weighted by molar-refractivity contribution is -0.385. The van der Waals surface area contributed by atoms with Gasteiger partial charge in [0.1, 0.15) is 5.60 Å². The van der Waals surface area contributed by atoms with Gasteiger partial charge in [-0.3, -0.25) is 10.1 Å². The molecule has 0 radical (unpaired) electrons. The number of hydrogen-bond acceptors (Lipinski definition) is 6. The van der Waals surface area contributed by atoms with Crippen molar-refractivity contribution < 1.29 is 23.9 Å². The fourth-order valence-electron chi connectivity index (χ4n) is 3.87. The van der Waals surface area contributed by atoms with Gasteiger partial charge in [-0.2, -0.15) is 0 Å². The number of benzene rings is 1. The maximum absolute atomic E-state index is 12.0. The molecule has 0 bridgehead atoms. The zero-order valence-electron chi connectivity index (χ0n) is 18.8. The van der Waals surface area contributed by atoms with E-state index in [4.69, 9.17) is 14.2 Å². The maximum atomic E-state index is 12.0. The third kappa shape index (κ3) is 6.51. The van der Waals surface area contributed by atoms with Crippen molar-refractivity contribution >= 4 is 17.4 Å². The Morgan fingerprint density at radius 3 is 2.58 bits per heavy atom. The van der Waals surface area contributed by atoms with Gasteiger partial charge >= 0.3 is 6.09 Å². The van der Waals surface area contributed by atoms with E-state index in [2.05, 4.69) is 5.32 Å². The highest BCUT2D eigenvalue weighted by atomic mass is 16.6. The SMILES string of the molecule is C[C@@H]1CC(c2cc(CO[C@@H]3CC[C@H]3NC(=O)OC(C)(C)C)cc([N+](=O)[O-])c2)=C[C@H](C)O1. The van der Waals surface area contributed by atoms with Gasteiger partial charge in [-0.05, 0) is 76.6 Å². The highest BCUT2D eigenvalue weighted by Gasteiger charge is 2.34. The average Bonchev–Trinajstić information content (AvgIpc) is 2.63. The molecule has 1 aliphatic carbocycles. The Morgan fingerprint density at radius 2 is 2.00 bits per heavy atom. The molecule has 0 unspecified atom stereocenters. The van der Waals surface area contributed by atoms with Gasteiger partial charge in [0.05, 0.1) is 35.9 Å². The van der Waals surface area contributed by atoms with Gasteiger partial charge in [-0.15, -0.1) is 0 Å². The smallest absolute Gasteiger partial charge is 0.407 e. The van der Waals surface area contributed by atoms with Crippen molar-refractivity contribution in [2.45, 2.75) is 90.4 Å². The molecule has 1 amide bonds. The first-order valence-corrected chi connectivity index (χ1v) is 10.8. The highest BCUT2D eigenvalue weighted by molar-refractivity contribution is 5.70. The lowest BCUT2D eigenvalue weighted by Crippen LogP contribution is -2.52. The number of non-ortho nitro benzene ring substituents is 1. The normalized spacial score (nSPS) is 25.9. The first kappa shape index (κ1) is 23.2. The van der Waals surface area contributed by atoms with E-state index in [9.17, 15) is 14.9 Å². The molecular weight excluding hydrogens is 400 g/mol. The number of amides is 1. The van der Waals surface area contributed by atoms with Crippen LogP contribution in [0.2, 0.25) is 0 Å². The fraction of sp³-hybridized carbons (Fsp3) is 0.609. The summed E-state index contributed by atoms with van der Waals surface area (Å²) in [5, 5.41) is 14.3. The topological polar surface area (TPSA) is 99.9 Å². The summed E-state index contributed by atoms with van der Waals surface area (Å²) in [4.78, 5) is 23.1. The predicted molar refractivity (Wildman–Crippen MR) is 117 cm³/mol. The molecular formula is C23H32N2O6. The van der Waals surface area contributed by atoms with Crippen LogP contribution in [-0.4, -0.2) is 41.0 Å². The van der Waals surface area contributed by atoms with E-state index in [-0.39, 0.29) is 41.6 Å². The van der Waals surface area contributed by atoms with Crippen LogP contribution in [0.5, 0.6) is 0 Å². The van der Waals surface area contributed by atoms with Gasteiger partial charge < -0.3 is 19.5 Å². The second-order valence-corrected chi connectivity index (χ2v) is 9.37. The third-order valence-corrected chi connectivity index (χ3v) is 5.33. The summed E-state index contributed by atoms with van der Waals surface area (Å²) >= 11 is 0. The molecule has 0 spiro atoms. The average molecular weight is 433 g/mol. The lowest BCUT2D eigenvalue weighted by atomic mass is 9.89. The van der Waals surface area contributed by atoms with Gasteiger partial charge in [0.15, 0.2) is 0 Å². The third-order valence-electron chi connectivity index (χ3n) is 5.33. The Hall–Kier alpha value is -2.45. The van der Waals surface area contributed by atoms with Crippen LogP contribution in [0.15, 0.2) is 24.3 Å². The second kappa shape index (κ2) is 9.36. The summed E-state index contributed by atoms with van der Waals surface area (Å²) in [7, 11) is 0. The molecule has 0 saturated heterocycles. The Morgan fingerprint density at radius 1 is 1.26 bits per heavy atom. The van der Waals surface area contributed by atoms with Crippen LogP contribution in [0.25, 0.3) is 5.57 Å². The van der Waals surface area contributed by atoms with E-state index in [1.165, 1.54) is 0 Å². The predicted octanol–water partition coefficient (Wildman–Crippen LogP) is 4.75. The minimum Gasteiger partial charge on any atom is -0.444 e. The Kier molecular flexibility index (Phi) is 7.01. The number of rotatable bonds is 6. The summed E-state index contributed by atoms with van der Waals surface area (Å²) in [6.45, 7) is 9.65. The molecule has 1 aromatic carbocycles. The molecule has 2 aliphatic rings.